The van der Waals surface area contributed by atoms with E-state index >= 15 is 0 Å². The zero-order chi connectivity index (χ0) is 10.6. The number of amides is 1. The molecule has 0 aliphatic carbocycles. The van der Waals surface area contributed by atoms with Gasteiger partial charge in [0.1, 0.15) is 0 Å². The molecular weight excluding hydrogens is 204 g/mol. The second-order valence-corrected chi connectivity index (χ2v) is 3.55. The molecule has 0 saturated heterocycles. The van der Waals surface area contributed by atoms with Gasteiger partial charge in [-0.25, -0.2) is 0 Å². The summed E-state index contributed by atoms with van der Waals surface area (Å²) in [6.07, 6.45) is 0. The van der Waals surface area contributed by atoms with E-state index in [-0.39, 0.29) is 11.4 Å². The normalized spacial score (nSPS) is 9.71. The Morgan fingerprint density at radius 2 is 2.00 bits per heavy atom. The number of thioether (sulfide) groups is 1. The van der Waals surface area contributed by atoms with Crippen LogP contribution in [0.5, 0.6) is 0 Å². The van der Waals surface area contributed by atoms with E-state index in [1.54, 1.807) is 12.1 Å². The monoisotopic (exact) mass is 212 g/mol. The average Bonchev–Trinajstić information content (AvgIpc) is 2.15. The Morgan fingerprint density at radius 1 is 1.43 bits per heavy atom. The SMILES string of the molecule is NC(=O)CSc1ccc([N+](=O)[O-])cc1. The predicted molar refractivity (Wildman–Crippen MR) is 53.0 cm³/mol. The zero-order valence-electron chi connectivity index (χ0n) is 7.17. The second-order valence-electron chi connectivity index (χ2n) is 2.51. The maximum Gasteiger partial charge on any atom is 0.269 e. The molecule has 0 unspecified atom stereocenters. The molecule has 0 radical (unpaired) electrons. The fraction of sp³-hybridized carbons (Fsp3) is 0.125. The van der Waals surface area contributed by atoms with E-state index in [1.165, 1.54) is 23.9 Å². The van der Waals surface area contributed by atoms with Crippen molar-refractivity contribution in [2.75, 3.05) is 5.75 Å². The van der Waals surface area contributed by atoms with Crippen LogP contribution in [0.3, 0.4) is 0 Å². The van der Waals surface area contributed by atoms with Crippen LogP contribution in [0.4, 0.5) is 5.69 Å². The molecule has 0 saturated carbocycles. The van der Waals surface area contributed by atoms with Gasteiger partial charge in [-0.15, -0.1) is 11.8 Å². The number of benzene rings is 1. The molecule has 1 amide bonds. The lowest BCUT2D eigenvalue weighted by Crippen LogP contribution is -2.12. The summed E-state index contributed by atoms with van der Waals surface area (Å²) in [5.41, 5.74) is 4.99. The first-order valence-electron chi connectivity index (χ1n) is 3.75. The molecule has 6 heteroatoms. The first-order valence-corrected chi connectivity index (χ1v) is 4.73. The summed E-state index contributed by atoms with van der Waals surface area (Å²) in [4.78, 5) is 21.1. The maximum atomic E-state index is 10.4. The standard InChI is InChI=1S/C8H8N2O3S/c9-8(11)5-14-7-3-1-6(2-4-7)10(12)13/h1-4H,5H2,(H2,9,11). The van der Waals surface area contributed by atoms with Gasteiger partial charge in [0.25, 0.3) is 5.69 Å². The Bertz CT molecular complexity index is 350. The Labute approximate surface area is 84.4 Å². The number of hydrogen-bond acceptors (Lipinski definition) is 4. The van der Waals surface area contributed by atoms with Gasteiger partial charge in [-0.05, 0) is 12.1 Å². The number of carbonyl (C=O) groups is 1. The van der Waals surface area contributed by atoms with Crippen LogP contribution >= 0.6 is 11.8 Å². The summed E-state index contributed by atoms with van der Waals surface area (Å²) in [5.74, 6) is -0.231. The van der Waals surface area contributed by atoms with Crippen LogP contribution in [0.1, 0.15) is 0 Å². The van der Waals surface area contributed by atoms with Crippen molar-refractivity contribution in [2.24, 2.45) is 5.73 Å². The molecule has 0 bridgehead atoms. The number of nitro groups is 1. The molecule has 0 aliphatic rings. The van der Waals surface area contributed by atoms with Crippen molar-refractivity contribution in [3.8, 4) is 0 Å². The average molecular weight is 212 g/mol. The molecule has 14 heavy (non-hydrogen) atoms. The van der Waals surface area contributed by atoms with Crippen LogP contribution < -0.4 is 5.73 Å². The molecule has 0 spiro atoms. The van der Waals surface area contributed by atoms with Gasteiger partial charge in [-0.3, -0.25) is 14.9 Å². The van der Waals surface area contributed by atoms with Crippen LogP contribution in [0.25, 0.3) is 0 Å². The number of primary amides is 1. The van der Waals surface area contributed by atoms with Gasteiger partial charge in [0.2, 0.25) is 5.91 Å². The molecule has 0 aromatic heterocycles. The molecule has 1 aromatic rings. The van der Waals surface area contributed by atoms with Crippen molar-refractivity contribution in [1.29, 1.82) is 0 Å². The Balaban J connectivity index is 2.64. The summed E-state index contributed by atoms with van der Waals surface area (Å²) >= 11 is 1.25. The number of non-ortho nitro benzene ring substituents is 1. The number of nitrogens with zero attached hydrogens (tertiary/aromatic N) is 1. The van der Waals surface area contributed by atoms with E-state index in [0.29, 0.717) is 0 Å². The number of nitro benzene ring substituents is 1. The van der Waals surface area contributed by atoms with Crippen LogP contribution in [-0.2, 0) is 4.79 Å². The molecule has 0 fully saturated rings. The second kappa shape index (κ2) is 4.61. The highest BCUT2D eigenvalue weighted by Gasteiger charge is 2.04. The number of hydrogen-bond donors (Lipinski definition) is 1. The summed E-state index contributed by atoms with van der Waals surface area (Å²) < 4.78 is 0. The first kappa shape index (κ1) is 10.5. The van der Waals surface area contributed by atoms with E-state index in [0.717, 1.165) is 4.90 Å². The lowest BCUT2D eigenvalue weighted by atomic mass is 10.3. The highest BCUT2D eigenvalue weighted by Crippen LogP contribution is 2.20. The lowest BCUT2D eigenvalue weighted by Gasteiger charge is -1.97. The summed E-state index contributed by atoms with van der Waals surface area (Å²) in [5, 5.41) is 10.3. The van der Waals surface area contributed by atoms with Gasteiger partial charge in [0.05, 0.1) is 10.7 Å². The predicted octanol–water partition coefficient (Wildman–Crippen LogP) is 1.17. The van der Waals surface area contributed by atoms with Crippen molar-refractivity contribution in [3.05, 3.63) is 34.4 Å². The third kappa shape index (κ3) is 3.06. The van der Waals surface area contributed by atoms with Gasteiger partial charge >= 0.3 is 0 Å². The third-order valence-corrected chi connectivity index (χ3v) is 2.46. The quantitative estimate of drug-likeness (QED) is 0.461. The minimum absolute atomic E-state index is 0.0356. The number of carbonyl (C=O) groups excluding carboxylic acids is 1. The van der Waals surface area contributed by atoms with E-state index in [9.17, 15) is 14.9 Å². The topological polar surface area (TPSA) is 86.2 Å². The van der Waals surface area contributed by atoms with Crippen LogP contribution in [-0.4, -0.2) is 16.6 Å². The molecule has 1 rings (SSSR count). The summed E-state index contributed by atoms with van der Waals surface area (Å²) in [6.45, 7) is 0. The number of rotatable bonds is 4. The molecule has 74 valence electrons. The van der Waals surface area contributed by atoms with Gasteiger partial charge < -0.3 is 5.73 Å². The minimum atomic E-state index is -0.470. The maximum absolute atomic E-state index is 10.4. The molecule has 1 aromatic carbocycles. The Hall–Kier alpha value is -1.56. The molecule has 0 aliphatic heterocycles. The summed E-state index contributed by atoms with van der Waals surface area (Å²) in [6, 6.07) is 5.96. The highest BCUT2D eigenvalue weighted by atomic mass is 32.2. The van der Waals surface area contributed by atoms with Crippen LogP contribution in [0.15, 0.2) is 29.2 Å². The highest BCUT2D eigenvalue weighted by molar-refractivity contribution is 8.00. The van der Waals surface area contributed by atoms with E-state index in [1.807, 2.05) is 0 Å². The molecule has 5 nitrogen and oxygen atoms in total. The van der Waals surface area contributed by atoms with Crippen molar-refractivity contribution >= 4 is 23.4 Å². The fourth-order valence-corrected chi connectivity index (χ4v) is 1.46. The molecular formula is C8H8N2O3S. The largest absolute Gasteiger partial charge is 0.369 e. The van der Waals surface area contributed by atoms with Crippen molar-refractivity contribution in [2.45, 2.75) is 4.90 Å². The van der Waals surface area contributed by atoms with Crippen LogP contribution in [0, 0.1) is 10.1 Å². The molecule has 0 heterocycles. The molecule has 2 N–H and O–H groups in total. The summed E-state index contributed by atoms with van der Waals surface area (Å²) in [7, 11) is 0. The van der Waals surface area contributed by atoms with Gasteiger partial charge in [-0.1, -0.05) is 0 Å². The first-order chi connectivity index (χ1) is 6.59. The Kier molecular flexibility index (Phi) is 3.47. The zero-order valence-corrected chi connectivity index (χ0v) is 7.99. The van der Waals surface area contributed by atoms with Crippen LogP contribution in [0.2, 0.25) is 0 Å². The fourth-order valence-electron chi connectivity index (χ4n) is 0.819. The van der Waals surface area contributed by atoms with Crippen molar-refractivity contribution in [3.63, 3.8) is 0 Å². The van der Waals surface area contributed by atoms with E-state index in [2.05, 4.69) is 0 Å². The van der Waals surface area contributed by atoms with Gasteiger partial charge in [-0.2, -0.15) is 0 Å². The van der Waals surface area contributed by atoms with E-state index in [4.69, 9.17) is 5.73 Å². The van der Waals surface area contributed by atoms with Gasteiger partial charge in [0, 0.05) is 17.0 Å². The Morgan fingerprint density at radius 3 is 2.43 bits per heavy atom. The smallest absolute Gasteiger partial charge is 0.269 e. The van der Waals surface area contributed by atoms with Gasteiger partial charge in [0.15, 0.2) is 0 Å². The van der Waals surface area contributed by atoms with Crippen molar-refractivity contribution in [1.82, 2.24) is 0 Å². The minimum Gasteiger partial charge on any atom is -0.369 e. The van der Waals surface area contributed by atoms with Crippen molar-refractivity contribution < 1.29 is 9.72 Å². The molecule has 0 atom stereocenters. The third-order valence-electron chi connectivity index (χ3n) is 1.43. The van der Waals surface area contributed by atoms with E-state index < -0.39 is 10.8 Å². The number of nitrogens with two attached hydrogens (primary N) is 1. The lowest BCUT2D eigenvalue weighted by molar-refractivity contribution is -0.384.